The minimum Gasteiger partial charge on any atom is -0.341 e. The zero-order valence-electron chi connectivity index (χ0n) is 16.1. The molecule has 3 aromatic rings. The van der Waals surface area contributed by atoms with Gasteiger partial charge in [-0.2, -0.15) is 5.10 Å². The molecule has 1 fully saturated rings. The van der Waals surface area contributed by atoms with Crippen molar-refractivity contribution in [1.82, 2.24) is 14.7 Å². The minimum atomic E-state index is 0.159. The first-order valence-electron chi connectivity index (χ1n) is 9.79. The third-order valence-electron chi connectivity index (χ3n) is 5.55. The van der Waals surface area contributed by atoms with Crippen LogP contribution in [0.2, 0.25) is 0 Å². The van der Waals surface area contributed by atoms with Crippen molar-refractivity contribution in [1.29, 1.82) is 0 Å². The summed E-state index contributed by atoms with van der Waals surface area (Å²) in [6.45, 7) is 0.543. The molecular weight excluding hydrogens is 368 g/mol. The van der Waals surface area contributed by atoms with Crippen LogP contribution in [0, 0.1) is 5.92 Å². The Hall–Kier alpha value is -2.44. The first-order valence-corrected chi connectivity index (χ1v) is 10.7. The molecule has 0 radical (unpaired) electrons. The summed E-state index contributed by atoms with van der Waals surface area (Å²) < 4.78 is 1.90. The summed E-state index contributed by atoms with van der Waals surface area (Å²) in [5.74, 6) is 0.477. The SMILES string of the molecule is CN(Cc1cn(-c2ccccc2)nc1-c1cccs1)C(=O)C[C@@H]1CCC[C@H]1N. The van der Waals surface area contributed by atoms with Crippen LogP contribution >= 0.6 is 11.3 Å². The van der Waals surface area contributed by atoms with Gasteiger partial charge >= 0.3 is 0 Å². The number of thiophene rings is 1. The van der Waals surface area contributed by atoms with Crippen molar-refractivity contribution in [2.24, 2.45) is 11.7 Å². The second-order valence-electron chi connectivity index (χ2n) is 7.57. The summed E-state index contributed by atoms with van der Waals surface area (Å²) in [7, 11) is 1.88. The Kier molecular flexibility index (Phi) is 5.59. The van der Waals surface area contributed by atoms with E-state index in [0.29, 0.717) is 18.9 Å². The second kappa shape index (κ2) is 8.29. The van der Waals surface area contributed by atoms with Gasteiger partial charge in [0.05, 0.1) is 10.6 Å². The summed E-state index contributed by atoms with van der Waals surface area (Å²) in [6.07, 6.45) is 5.81. The fourth-order valence-corrected chi connectivity index (χ4v) is 4.65. The molecular formula is C22H26N4OS. The molecule has 2 heterocycles. The van der Waals surface area contributed by atoms with Crippen molar-refractivity contribution >= 4 is 17.2 Å². The molecule has 2 atom stereocenters. The summed E-state index contributed by atoms with van der Waals surface area (Å²) in [4.78, 5) is 15.7. The highest BCUT2D eigenvalue weighted by molar-refractivity contribution is 7.13. The van der Waals surface area contributed by atoms with E-state index in [2.05, 4.69) is 11.4 Å². The number of carbonyl (C=O) groups excluding carboxylic acids is 1. The zero-order valence-corrected chi connectivity index (χ0v) is 16.9. The maximum absolute atomic E-state index is 12.8. The van der Waals surface area contributed by atoms with Crippen molar-refractivity contribution in [2.75, 3.05) is 7.05 Å². The maximum atomic E-state index is 12.8. The van der Waals surface area contributed by atoms with E-state index in [0.717, 1.165) is 41.1 Å². The Balaban J connectivity index is 1.56. The van der Waals surface area contributed by atoms with E-state index in [4.69, 9.17) is 10.8 Å². The highest BCUT2D eigenvalue weighted by atomic mass is 32.1. The van der Waals surface area contributed by atoms with Gasteiger partial charge in [0.1, 0.15) is 5.69 Å². The molecule has 1 aliphatic carbocycles. The first kappa shape index (κ1) is 18.9. The Bertz CT molecular complexity index is 919. The lowest BCUT2D eigenvalue weighted by atomic mass is 9.99. The number of hydrogen-bond acceptors (Lipinski definition) is 4. The van der Waals surface area contributed by atoms with Crippen LogP contribution in [0.15, 0.2) is 54.0 Å². The fraction of sp³-hybridized carbons (Fsp3) is 0.364. The van der Waals surface area contributed by atoms with Gasteiger partial charge < -0.3 is 10.6 Å². The van der Waals surface area contributed by atoms with Crippen LogP contribution < -0.4 is 5.73 Å². The number of carbonyl (C=O) groups is 1. The van der Waals surface area contributed by atoms with E-state index in [1.165, 1.54) is 0 Å². The molecule has 0 spiro atoms. The molecule has 6 heteroatoms. The molecule has 0 aliphatic heterocycles. The molecule has 2 N–H and O–H groups in total. The largest absolute Gasteiger partial charge is 0.341 e. The van der Waals surface area contributed by atoms with Gasteiger partial charge in [-0.05, 0) is 42.3 Å². The van der Waals surface area contributed by atoms with Gasteiger partial charge in [-0.3, -0.25) is 4.79 Å². The van der Waals surface area contributed by atoms with Crippen LogP contribution in [-0.2, 0) is 11.3 Å². The number of benzene rings is 1. The van der Waals surface area contributed by atoms with Crippen molar-refractivity contribution < 1.29 is 4.79 Å². The average Bonchev–Trinajstić information content (AvgIpc) is 3.44. The predicted octanol–water partition coefficient (Wildman–Crippen LogP) is 4.08. The van der Waals surface area contributed by atoms with Crippen LogP contribution in [0.4, 0.5) is 0 Å². The number of amides is 1. The van der Waals surface area contributed by atoms with Crippen LogP contribution in [-0.4, -0.2) is 33.7 Å². The molecule has 1 amide bonds. The molecule has 1 aromatic carbocycles. The molecule has 28 heavy (non-hydrogen) atoms. The molecule has 2 aromatic heterocycles. The van der Waals surface area contributed by atoms with Gasteiger partial charge in [-0.15, -0.1) is 11.3 Å². The van der Waals surface area contributed by atoms with E-state index in [1.807, 2.05) is 59.2 Å². The lowest BCUT2D eigenvalue weighted by Crippen LogP contribution is -2.32. The fourth-order valence-electron chi connectivity index (χ4n) is 3.90. The molecule has 1 saturated carbocycles. The van der Waals surface area contributed by atoms with E-state index >= 15 is 0 Å². The Morgan fingerprint density at radius 2 is 2.07 bits per heavy atom. The monoisotopic (exact) mass is 394 g/mol. The summed E-state index contributed by atoms with van der Waals surface area (Å²) in [6, 6.07) is 14.3. The molecule has 4 rings (SSSR count). The van der Waals surface area contributed by atoms with E-state index in [-0.39, 0.29) is 11.9 Å². The number of aromatic nitrogens is 2. The third-order valence-corrected chi connectivity index (χ3v) is 6.43. The topological polar surface area (TPSA) is 64.2 Å². The number of nitrogens with zero attached hydrogens (tertiary/aromatic N) is 3. The molecule has 146 valence electrons. The molecule has 0 unspecified atom stereocenters. The first-order chi connectivity index (χ1) is 13.6. The number of rotatable bonds is 6. The summed E-state index contributed by atoms with van der Waals surface area (Å²) in [5, 5.41) is 6.87. The quantitative estimate of drug-likeness (QED) is 0.685. The molecule has 5 nitrogen and oxygen atoms in total. The van der Waals surface area contributed by atoms with Gasteiger partial charge in [-0.1, -0.05) is 30.7 Å². The Labute approximate surface area is 169 Å². The highest BCUT2D eigenvalue weighted by Crippen LogP contribution is 2.30. The molecule has 0 bridgehead atoms. The minimum absolute atomic E-state index is 0.159. The summed E-state index contributed by atoms with van der Waals surface area (Å²) in [5.41, 5.74) is 9.16. The molecule has 1 aliphatic rings. The Morgan fingerprint density at radius 1 is 1.25 bits per heavy atom. The van der Waals surface area contributed by atoms with Crippen molar-refractivity contribution in [2.45, 2.75) is 38.3 Å². The van der Waals surface area contributed by atoms with Crippen LogP contribution in [0.5, 0.6) is 0 Å². The van der Waals surface area contributed by atoms with Gasteiger partial charge in [0, 0.05) is 37.8 Å². The van der Waals surface area contributed by atoms with Gasteiger partial charge in [0.25, 0.3) is 0 Å². The smallest absolute Gasteiger partial charge is 0.222 e. The van der Waals surface area contributed by atoms with Crippen molar-refractivity contribution in [3.63, 3.8) is 0 Å². The van der Waals surface area contributed by atoms with Crippen molar-refractivity contribution in [3.05, 3.63) is 59.6 Å². The van der Waals surface area contributed by atoms with Crippen molar-refractivity contribution in [3.8, 4) is 16.3 Å². The lowest BCUT2D eigenvalue weighted by molar-refractivity contribution is -0.131. The van der Waals surface area contributed by atoms with Crippen LogP contribution in [0.25, 0.3) is 16.3 Å². The number of para-hydroxylation sites is 1. The van der Waals surface area contributed by atoms with Crippen LogP contribution in [0.1, 0.15) is 31.2 Å². The zero-order chi connectivity index (χ0) is 19.5. The van der Waals surface area contributed by atoms with Crippen LogP contribution in [0.3, 0.4) is 0 Å². The van der Waals surface area contributed by atoms with E-state index < -0.39 is 0 Å². The number of hydrogen-bond donors (Lipinski definition) is 1. The van der Waals surface area contributed by atoms with E-state index in [1.54, 1.807) is 11.3 Å². The summed E-state index contributed by atoms with van der Waals surface area (Å²) >= 11 is 1.66. The Morgan fingerprint density at radius 3 is 2.75 bits per heavy atom. The number of nitrogens with two attached hydrogens (primary N) is 1. The van der Waals surface area contributed by atoms with Gasteiger partial charge in [-0.25, -0.2) is 4.68 Å². The highest BCUT2D eigenvalue weighted by Gasteiger charge is 2.27. The third kappa shape index (κ3) is 4.03. The van der Waals surface area contributed by atoms with E-state index in [9.17, 15) is 4.79 Å². The standard InChI is InChI=1S/C22H26N4OS/c1-25(21(27)13-16-7-5-10-19(16)23)14-17-15-26(18-8-3-2-4-9-18)24-22(17)20-11-6-12-28-20/h2-4,6,8-9,11-12,15-16,19H,5,7,10,13-14,23H2,1H3/t16-,19+/m0/s1. The average molecular weight is 395 g/mol. The van der Waals surface area contributed by atoms with Gasteiger partial charge in [0.2, 0.25) is 5.91 Å². The second-order valence-corrected chi connectivity index (χ2v) is 8.52. The predicted molar refractivity (Wildman–Crippen MR) is 113 cm³/mol. The van der Waals surface area contributed by atoms with Gasteiger partial charge in [0.15, 0.2) is 0 Å². The lowest BCUT2D eigenvalue weighted by Gasteiger charge is -2.21. The normalized spacial score (nSPS) is 19.1. The maximum Gasteiger partial charge on any atom is 0.222 e. The molecule has 0 saturated heterocycles.